The molecule has 21 heavy (non-hydrogen) atoms. The number of amides is 1. The second kappa shape index (κ2) is 5.13. The minimum absolute atomic E-state index is 0.0718. The molecule has 0 radical (unpaired) electrons. The number of nitro groups is 1. The van der Waals surface area contributed by atoms with Gasteiger partial charge in [-0.2, -0.15) is 0 Å². The zero-order chi connectivity index (χ0) is 15.8. The molecule has 0 saturated carbocycles. The Balaban J connectivity index is 2.22. The van der Waals surface area contributed by atoms with E-state index >= 15 is 0 Å². The molecule has 1 unspecified atom stereocenters. The topological polar surface area (TPSA) is 127 Å². The number of hydrogen-bond donors (Lipinski definition) is 2. The number of aliphatic carboxylic acids is 1. The van der Waals surface area contributed by atoms with E-state index in [0.29, 0.717) is 11.1 Å². The number of nitro benzene ring substituents is 1. The first kappa shape index (κ1) is 14.9. The average molecular weight is 293 g/mol. The third-order valence-electron chi connectivity index (χ3n) is 3.67. The van der Waals surface area contributed by atoms with Crippen molar-refractivity contribution in [3.05, 3.63) is 39.4 Å². The summed E-state index contributed by atoms with van der Waals surface area (Å²) in [6, 6.07) is 3.95. The Morgan fingerprint density at radius 3 is 2.62 bits per heavy atom. The molecule has 1 aromatic rings. The molecule has 112 valence electrons. The molecule has 1 aliphatic rings. The molecular weight excluding hydrogens is 278 g/mol. The van der Waals surface area contributed by atoms with E-state index in [2.05, 4.69) is 0 Å². The molecular formula is C13H15N3O5. The highest BCUT2D eigenvalue weighted by molar-refractivity contribution is 5.97. The number of carbonyl (C=O) groups is 2. The first-order valence-electron chi connectivity index (χ1n) is 6.31. The molecule has 1 aromatic carbocycles. The molecule has 8 heteroatoms. The van der Waals surface area contributed by atoms with Gasteiger partial charge in [0.05, 0.1) is 4.92 Å². The van der Waals surface area contributed by atoms with Gasteiger partial charge < -0.3 is 15.7 Å². The molecule has 1 fully saturated rings. The van der Waals surface area contributed by atoms with Crippen LogP contribution in [0.3, 0.4) is 0 Å². The van der Waals surface area contributed by atoms with Crippen LogP contribution in [0.5, 0.6) is 0 Å². The minimum atomic E-state index is -1.43. The van der Waals surface area contributed by atoms with Gasteiger partial charge in [0.2, 0.25) is 0 Å². The van der Waals surface area contributed by atoms with Crippen molar-refractivity contribution in [2.75, 3.05) is 13.1 Å². The van der Waals surface area contributed by atoms with Gasteiger partial charge in [0.1, 0.15) is 5.54 Å². The fourth-order valence-electron chi connectivity index (χ4n) is 2.35. The molecule has 0 aliphatic carbocycles. The molecule has 1 aliphatic heterocycles. The molecule has 1 amide bonds. The lowest BCUT2D eigenvalue weighted by molar-refractivity contribution is -0.384. The quantitative estimate of drug-likeness (QED) is 0.618. The normalized spacial score (nSPS) is 21.3. The van der Waals surface area contributed by atoms with Crippen LogP contribution in [0.15, 0.2) is 18.2 Å². The monoisotopic (exact) mass is 293 g/mol. The predicted octanol–water partition coefficient (Wildman–Crippen LogP) is 0.531. The van der Waals surface area contributed by atoms with Gasteiger partial charge in [-0.25, -0.2) is 0 Å². The SMILES string of the molecule is Cc1cc([N+](=O)[O-])ccc1C(=O)N1CCC(N)(C(=O)O)C1. The lowest BCUT2D eigenvalue weighted by Crippen LogP contribution is -2.50. The van der Waals surface area contributed by atoms with E-state index in [1.54, 1.807) is 6.92 Å². The second-order valence-corrected chi connectivity index (χ2v) is 5.19. The van der Waals surface area contributed by atoms with Crippen LogP contribution in [0.1, 0.15) is 22.3 Å². The van der Waals surface area contributed by atoms with E-state index < -0.39 is 16.4 Å². The fraction of sp³-hybridized carbons (Fsp3) is 0.385. The summed E-state index contributed by atoms with van der Waals surface area (Å²) in [5.41, 5.74) is 4.99. The van der Waals surface area contributed by atoms with Crippen molar-refractivity contribution in [3.63, 3.8) is 0 Å². The van der Waals surface area contributed by atoms with E-state index in [1.807, 2.05) is 0 Å². The van der Waals surface area contributed by atoms with Crippen LogP contribution in [-0.2, 0) is 4.79 Å². The Bertz CT molecular complexity index is 630. The highest BCUT2D eigenvalue weighted by Crippen LogP contribution is 2.24. The van der Waals surface area contributed by atoms with Crippen LogP contribution in [-0.4, -0.2) is 45.4 Å². The summed E-state index contributed by atoms with van der Waals surface area (Å²) in [5, 5.41) is 19.7. The van der Waals surface area contributed by atoms with Crippen molar-refractivity contribution in [3.8, 4) is 0 Å². The smallest absolute Gasteiger partial charge is 0.325 e. The Morgan fingerprint density at radius 2 is 2.14 bits per heavy atom. The average Bonchev–Trinajstić information content (AvgIpc) is 2.82. The molecule has 1 atom stereocenters. The van der Waals surface area contributed by atoms with Gasteiger partial charge in [-0.15, -0.1) is 0 Å². The van der Waals surface area contributed by atoms with Crippen molar-refractivity contribution in [1.29, 1.82) is 0 Å². The maximum absolute atomic E-state index is 12.4. The van der Waals surface area contributed by atoms with Gasteiger partial charge in [-0.05, 0) is 25.0 Å². The summed E-state index contributed by atoms with van der Waals surface area (Å²) < 4.78 is 0. The molecule has 0 bridgehead atoms. The Morgan fingerprint density at radius 1 is 1.48 bits per heavy atom. The largest absolute Gasteiger partial charge is 0.480 e. The third-order valence-corrected chi connectivity index (χ3v) is 3.67. The number of likely N-dealkylation sites (tertiary alicyclic amines) is 1. The number of nitrogens with two attached hydrogens (primary N) is 1. The molecule has 1 saturated heterocycles. The lowest BCUT2D eigenvalue weighted by Gasteiger charge is -2.20. The Labute approximate surface area is 120 Å². The fourth-order valence-corrected chi connectivity index (χ4v) is 2.35. The molecule has 0 aromatic heterocycles. The standard InChI is InChI=1S/C13H15N3O5/c1-8-6-9(16(20)21)2-3-10(8)11(17)15-5-4-13(14,7-15)12(18)19/h2-3,6H,4-5,7,14H2,1H3,(H,18,19). The third kappa shape index (κ3) is 2.70. The first-order chi connectivity index (χ1) is 9.74. The molecule has 2 rings (SSSR count). The summed E-state index contributed by atoms with van der Waals surface area (Å²) in [5.74, 6) is -1.51. The maximum atomic E-state index is 12.4. The molecule has 0 spiro atoms. The summed E-state index contributed by atoms with van der Waals surface area (Å²) >= 11 is 0. The number of aryl methyl sites for hydroxylation is 1. The number of benzene rings is 1. The first-order valence-corrected chi connectivity index (χ1v) is 6.31. The zero-order valence-electron chi connectivity index (χ0n) is 11.4. The Hall–Kier alpha value is -2.48. The van der Waals surface area contributed by atoms with Gasteiger partial charge in [0.25, 0.3) is 11.6 Å². The van der Waals surface area contributed by atoms with E-state index in [-0.39, 0.29) is 31.1 Å². The molecule has 1 heterocycles. The zero-order valence-corrected chi connectivity index (χ0v) is 11.4. The maximum Gasteiger partial charge on any atom is 0.325 e. The van der Waals surface area contributed by atoms with Crippen molar-refractivity contribution in [1.82, 2.24) is 4.90 Å². The van der Waals surface area contributed by atoms with Crippen LogP contribution in [0.25, 0.3) is 0 Å². The summed E-state index contributed by atoms with van der Waals surface area (Å²) in [6.45, 7) is 1.78. The molecule has 8 nitrogen and oxygen atoms in total. The predicted molar refractivity (Wildman–Crippen MR) is 72.9 cm³/mol. The van der Waals surface area contributed by atoms with Gasteiger partial charge >= 0.3 is 5.97 Å². The number of rotatable bonds is 3. The van der Waals surface area contributed by atoms with Gasteiger partial charge in [-0.3, -0.25) is 19.7 Å². The number of hydrogen-bond acceptors (Lipinski definition) is 5. The number of carbonyl (C=O) groups excluding carboxylic acids is 1. The van der Waals surface area contributed by atoms with Crippen molar-refractivity contribution >= 4 is 17.6 Å². The summed E-state index contributed by atoms with van der Waals surface area (Å²) in [6.07, 6.45) is 0.181. The highest BCUT2D eigenvalue weighted by Gasteiger charge is 2.43. The highest BCUT2D eigenvalue weighted by atomic mass is 16.6. The summed E-state index contributed by atoms with van der Waals surface area (Å²) in [7, 11) is 0. The number of non-ortho nitro benzene ring substituents is 1. The number of carboxylic acid groups (broad SMARTS) is 1. The van der Waals surface area contributed by atoms with Crippen LogP contribution in [0.4, 0.5) is 5.69 Å². The van der Waals surface area contributed by atoms with Crippen LogP contribution >= 0.6 is 0 Å². The lowest BCUT2D eigenvalue weighted by atomic mass is 10.0. The van der Waals surface area contributed by atoms with Gasteiger partial charge in [0.15, 0.2) is 0 Å². The molecule has 3 N–H and O–H groups in total. The van der Waals surface area contributed by atoms with E-state index in [1.165, 1.54) is 23.1 Å². The summed E-state index contributed by atoms with van der Waals surface area (Å²) in [4.78, 5) is 35.0. The van der Waals surface area contributed by atoms with Crippen LogP contribution in [0, 0.1) is 17.0 Å². The second-order valence-electron chi connectivity index (χ2n) is 5.19. The van der Waals surface area contributed by atoms with Gasteiger partial charge in [-0.1, -0.05) is 0 Å². The number of nitrogens with zero attached hydrogens (tertiary/aromatic N) is 2. The minimum Gasteiger partial charge on any atom is -0.480 e. The van der Waals surface area contributed by atoms with Crippen molar-refractivity contribution in [2.45, 2.75) is 18.9 Å². The van der Waals surface area contributed by atoms with Crippen LogP contribution < -0.4 is 5.73 Å². The van der Waals surface area contributed by atoms with E-state index in [4.69, 9.17) is 10.8 Å². The van der Waals surface area contributed by atoms with Crippen LogP contribution in [0.2, 0.25) is 0 Å². The van der Waals surface area contributed by atoms with Crippen molar-refractivity contribution < 1.29 is 19.6 Å². The van der Waals surface area contributed by atoms with Crippen molar-refractivity contribution in [2.24, 2.45) is 5.73 Å². The number of carboxylic acids is 1. The van der Waals surface area contributed by atoms with E-state index in [0.717, 1.165) is 0 Å². The van der Waals surface area contributed by atoms with E-state index in [9.17, 15) is 19.7 Å². The van der Waals surface area contributed by atoms with Gasteiger partial charge in [0, 0.05) is 30.8 Å². The Kier molecular flexibility index (Phi) is 3.65.